The van der Waals surface area contributed by atoms with Crippen LogP contribution in [0.3, 0.4) is 0 Å². The standard InChI is InChI=1S/C16H23ClN4/c1-16(2,3)14-10-13-15(18-8-9-21(13)20-14)19-12-7-5-4-6-11(12)17/h8-12H,4-7H2,1-3H3,(H,18,19). The zero-order chi connectivity index (χ0) is 15.0. The van der Waals surface area contributed by atoms with Crippen LogP contribution in [-0.4, -0.2) is 26.0 Å². The molecule has 1 aliphatic carbocycles. The first-order valence-corrected chi connectivity index (χ1v) is 8.14. The third-order valence-corrected chi connectivity index (χ3v) is 4.68. The molecule has 114 valence electrons. The molecule has 2 heterocycles. The Labute approximate surface area is 130 Å². The van der Waals surface area contributed by atoms with Crippen molar-refractivity contribution in [3.05, 3.63) is 24.2 Å². The highest BCUT2D eigenvalue weighted by Gasteiger charge is 2.25. The second-order valence-electron chi connectivity index (χ2n) is 6.94. The molecule has 0 saturated heterocycles. The quantitative estimate of drug-likeness (QED) is 0.853. The molecule has 0 spiro atoms. The maximum atomic E-state index is 6.45. The van der Waals surface area contributed by atoms with Crippen LogP contribution < -0.4 is 5.32 Å². The number of nitrogens with one attached hydrogen (secondary N) is 1. The van der Waals surface area contributed by atoms with E-state index in [-0.39, 0.29) is 10.8 Å². The van der Waals surface area contributed by atoms with E-state index in [0.29, 0.717) is 6.04 Å². The fraction of sp³-hybridized carbons (Fsp3) is 0.625. The molecule has 1 aliphatic rings. The molecule has 0 bridgehead atoms. The van der Waals surface area contributed by atoms with Crippen molar-refractivity contribution in [1.82, 2.24) is 14.6 Å². The van der Waals surface area contributed by atoms with E-state index in [4.69, 9.17) is 11.6 Å². The molecule has 2 aromatic heterocycles. The minimum atomic E-state index is 0.0309. The summed E-state index contributed by atoms with van der Waals surface area (Å²) in [5, 5.41) is 8.38. The lowest BCUT2D eigenvalue weighted by atomic mass is 9.92. The molecule has 21 heavy (non-hydrogen) atoms. The fourth-order valence-corrected chi connectivity index (χ4v) is 3.17. The summed E-state index contributed by atoms with van der Waals surface area (Å²) in [6.45, 7) is 6.52. The second kappa shape index (κ2) is 5.48. The predicted octanol–water partition coefficient (Wildman–Crippen LogP) is 3.99. The predicted molar refractivity (Wildman–Crippen MR) is 87.2 cm³/mol. The smallest absolute Gasteiger partial charge is 0.152 e. The Balaban J connectivity index is 1.93. The van der Waals surface area contributed by atoms with Crippen molar-refractivity contribution in [3.63, 3.8) is 0 Å². The number of hydrogen-bond acceptors (Lipinski definition) is 3. The molecule has 0 radical (unpaired) electrons. The molecule has 1 fully saturated rings. The molecule has 5 heteroatoms. The third kappa shape index (κ3) is 3.00. The lowest BCUT2D eigenvalue weighted by molar-refractivity contribution is 0.469. The summed E-state index contributed by atoms with van der Waals surface area (Å²) >= 11 is 6.45. The van der Waals surface area contributed by atoms with Crippen LogP contribution in [0, 0.1) is 0 Å². The minimum Gasteiger partial charge on any atom is -0.364 e. The molecule has 3 rings (SSSR count). The van der Waals surface area contributed by atoms with Crippen molar-refractivity contribution in [3.8, 4) is 0 Å². The summed E-state index contributed by atoms with van der Waals surface area (Å²) in [5.41, 5.74) is 2.13. The van der Waals surface area contributed by atoms with Crippen LogP contribution in [0.2, 0.25) is 0 Å². The monoisotopic (exact) mass is 306 g/mol. The van der Waals surface area contributed by atoms with Crippen molar-refractivity contribution in [1.29, 1.82) is 0 Å². The molecular weight excluding hydrogens is 284 g/mol. The maximum absolute atomic E-state index is 6.45. The van der Waals surface area contributed by atoms with Gasteiger partial charge < -0.3 is 5.32 Å². The summed E-state index contributed by atoms with van der Waals surface area (Å²) in [5.74, 6) is 0.887. The van der Waals surface area contributed by atoms with Crippen molar-refractivity contribution in [2.45, 2.75) is 63.3 Å². The van der Waals surface area contributed by atoms with E-state index < -0.39 is 0 Å². The number of alkyl halides is 1. The Bertz CT molecular complexity index is 629. The Morgan fingerprint density at radius 1 is 1.29 bits per heavy atom. The number of rotatable bonds is 2. The molecule has 2 aromatic rings. The molecule has 2 unspecified atom stereocenters. The first kappa shape index (κ1) is 14.6. The minimum absolute atomic E-state index is 0.0309. The van der Waals surface area contributed by atoms with Gasteiger partial charge in [0.1, 0.15) is 5.52 Å². The van der Waals surface area contributed by atoms with Crippen molar-refractivity contribution in [2.24, 2.45) is 0 Å². The van der Waals surface area contributed by atoms with E-state index in [1.165, 1.54) is 12.8 Å². The molecule has 0 aromatic carbocycles. The van der Waals surface area contributed by atoms with Gasteiger partial charge in [-0.1, -0.05) is 33.6 Å². The Morgan fingerprint density at radius 2 is 2.05 bits per heavy atom. The van der Waals surface area contributed by atoms with Gasteiger partial charge in [0.2, 0.25) is 0 Å². The lowest BCUT2D eigenvalue weighted by Crippen LogP contribution is -2.33. The number of halogens is 1. The van der Waals surface area contributed by atoms with Crippen LogP contribution >= 0.6 is 11.6 Å². The summed E-state index contributed by atoms with van der Waals surface area (Å²) < 4.78 is 1.90. The van der Waals surface area contributed by atoms with E-state index in [1.807, 2.05) is 10.7 Å². The number of aromatic nitrogens is 3. The van der Waals surface area contributed by atoms with E-state index >= 15 is 0 Å². The largest absolute Gasteiger partial charge is 0.364 e. The van der Waals surface area contributed by atoms with Gasteiger partial charge in [0.25, 0.3) is 0 Å². The number of fused-ring (bicyclic) bond motifs is 1. The number of hydrogen-bond donors (Lipinski definition) is 1. The van der Waals surface area contributed by atoms with Gasteiger partial charge in [0.15, 0.2) is 5.82 Å². The molecule has 4 nitrogen and oxygen atoms in total. The molecular formula is C16H23ClN4. The normalized spacial score (nSPS) is 23.4. The van der Waals surface area contributed by atoms with Gasteiger partial charge in [0, 0.05) is 23.9 Å². The van der Waals surface area contributed by atoms with Gasteiger partial charge in [-0.25, -0.2) is 9.50 Å². The first-order chi connectivity index (χ1) is 9.95. The topological polar surface area (TPSA) is 42.2 Å². The van der Waals surface area contributed by atoms with Crippen molar-refractivity contribution >= 4 is 22.9 Å². The van der Waals surface area contributed by atoms with Crippen LogP contribution in [0.4, 0.5) is 5.82 Å². The van der Waals surface area contributed by atoms with Gasteiger partial charge in [-0.2, -0.15) is 5.10 Å². The van der Waals surface area contributed by atoms with Crippen LogP contribution in [-0.2, 0) is 5.41 Å². The average Bonchev–Trinajstić information content (AvgIpc) is 2.86. The zero-order valence-electron chi connectivity index (χ0n) is 12.9. The number of nitrogens with zero attached hydrogens (tertiary/aromatic N) is 3. The third-order valence-electron chi connectivity index (χ3n) is 4.16. The zero-order valence-corrected chi connectivity index (χ0v) is 13.7. The maximum Gasteiger partial charge on any atom is 0.152 e. The molecule has 1 saturated carbocycles. The first-order valence-electron chi connectivity index (χ1n) is 7.70. The molecule has 2 atom stereocenters. The van der Waals surface area contributed by atoms with Gasteiger partial charge >= 0.3 is 0 Å². The Hall–Kier alpha value is -1.29. The van der Waals surface area contributed by atoms with Crippen molar-refractivity contribution in [2.75, 3.05) is 5.32 Å². The average molecular weight is 307 g/mol. The highest BCUT2D eigenvalue weighted by molar-refractivity contribution is 6.21. The van der Waals surface area contributed by atoms with Crippen LogP contribution in [0.5, 0.6) is 0 Å². The molecule has 1 N–H and O–H groups in total. The second-order valence-corrected chi connectivity index (χ2v) is 7.50. The van der Waals surface area contributed by atoms with Gasteiger partial charge in [-0.3, -0.25) is 0 Å². The Kier molecular flexibility index (Phi) is 3.82. The highest BCUT2D eigenvalue weighted by atomic mass is 35.5. The Morgan fingerprint density at radius 3 is 2.76 bits per heavy atom. The SMILES string of the molecule is CC(C)(C)c1cc2c(NC3CCCCC3Cl)nccn2n1. The van der Waals surface area contributed by atoms with Crippen LogP contribution in [0.15, 0.2) is 18.5 Å². The van der Waals surface area contributed by atoms with Crippen molar-refractivity contribution < 1.29 is 0 Å². The summed E-state index contributed by atoms with van der Waals surface area (Å²) in [7, 11) is 0. The summed E-state index contributed by atoms with van der Waals surface area (Å²) in [6.07, 6.45) is 8.34. The summed E-state index contributed by atoms with van der Waals surface area (Å²) in [6, 6.07) is 2.42. The van der Waals surface area contributed by atoms with Crippen LogP contribution in [0.1, 0.15) is 52.1 Å². The molecule has 0 aliphatic heterocycles. The van der Waals surface area contributed by atoms with E-state index in [0.717, 1.165) is 29.9 Å². The molecule has 0 amide bonds. The van der Waals surface area contributed by atoms with E-state index in [2.05, 4.69) is 42.2 Å². The van der Waals surface area contributed by atoms with Gasteiger partial charge in [-0.05, 0) is 18.9 Å². The fourth-order valence-electron chi connectivity index (χ4n) is 2.82. The van der Waals surface area contributed by atoms with E-state index in [9.17, 15) is 0 Å². The van der Waals surface area contributed by atoms with E-state index in [1.54, 1.807) is 6.20 Å². The number of anilines is 1. The lowest BCUT2D eigenvalue weighted by Gasteiger charge is -2.28. The van der Waals surface area contributed by atoms with Crippen LogP contribution in [0.25, 0.3) is 5.52 Å². The summed E-state index contributed by atoms with van der Waals surface area (Å²) in [4.78, 5) is 4.50. The highest BCUT2D eigenvalue weighted by Crippen LogP contribution is 2.28. The van der Waals surface area contributed by atoms with Gasteiger partial charge in [0.05, 0.1) is 11.1 Å². The van der Waals surface area contributed by atoms with Gasteiger partial charge in [-0.15, -0.1) is 11.6 Å².